The van der Waals surface area contributed by atoms with Crippen LogP contribution >= 0.6 is 0 Å². The summed E-state index contributed by atoms with van der Waals surface area (Å²) >= 11 is 0. The summed E-state index contributed by atoms with van der Waals surface area (Å²) in [5.41, 5.74) is 0.125. The zero-order valence-corrected chi connectivity index (χ0v) is 10.7. The van der Waals surface area contributed by atoms with Crippen molar-refractivity contribution in [2.75, 3.05) is 13.1 Å². The smallest absolute Gasteiger partial charge is 0.223 e. The molecule has 88 valence electrons. The van der Waals surface area contributed by atoms with E-state index in [-0.39, 0.29) is 5.41 Å². The molecule has 0 radical (unpaired) electrons. The first-order chi connectivity index (χ1) is 6.92. The molecule has 1 rings (SSSR count). The quantitative estimate of drug-likeness (QED) is 0.702. The molecule has 0 spiro atoms. The lowest BCUT2D eigenvalue weighted by molar-refractivity contribution is -0.132. The molecule has 2 heteroatoms. The molecular weight excluding hydrogens is 186 g/mol. The van der Waals surface area contributed by atoms with Gasteiger partial charge in [0.05, 0.1) is 0 Å². The van der Waals surface area contributed by atoms with Crippen LogP contribution in [0.5, 0.6) is 0 Å². The first kappa shape index (κ1) is 12.5. The number of amides is 1. The molecule has 1 unspecified atom stereocenters. The van der Waals surface area contributed by atoms with Crippen molar-refractivity contribution < 1.29 is 4.79 Å². The van der Waals surface area contributed by atoms with E-state index >= 15 is 0 Å². The van der Waals surface area contributed by atoms with Gasteiger partial charge in [0.1, 0.15) is 0 Å². The summed E-state index contributed by atoms with van der Waals surface area (Å²) < 4.78 is 0. The molecule has 0 bridgehead atoms. The maximum absolute atomic E-state index is 11.9. The van der Waals surface area contributed by atoms with Gasteiger partial charge in [-0.3, -0.25) is 4.79 Å². The molecule has 0 saturated carbocycles. The summed E-state index contributed by atoms with van der Waals surface area (Å²) in [6.45, 7) is 10.6. The van der Waals surface area contributed by atoms with Crippen LogP contribution in [0.4, 0.5) is 0 Å². The molecule has 1 aliphatic rings. The van der Waals surface area contributed by atoms with E-state index in [1.54, 1.807) is 0 Å². The highest BCUT2D eigenvalue weighted by Crippen LogP contribution is 2.25. The minimum Gasteiger partial charge on any atom is -0.342 e. The van der Waals surface area contributed by atoms with Crippen molar-refractivity contribution in [2.24, 2.45) is 11.3 Å². The topological polar surface area (TPSA) is 20.3 Å². The van der Waals surface area contributed by atoms with Gasteiger partial charge in [0, 0.05) is 19.5 Å². The summed E-state index contributed by atoms with van der Waals surface area (Å²) in [6.07, 6.45) is 4.42. The van der Waals surface area contributed by atoms with Crippen molar-refractivity contribution in [1.29, 1.82) is 0 Å². The first-order valence-corrected chi connectivity index (χ1v) is 6.20. The van der Waals surface area contributed by atoms with Crippen LogP contribution in [-0.2, 0) is 4.79 Å². The van der Waals surface area contributed by atoms with Gasteiger partial charge in [-0.15, -0.1) is 0 Å². The second-order valence-corrected chi connectivity index (χ2v) is 6.02. The molecule has 0 aromatic rings. The van der Waals surface area contributed by atoms with Gasteiger partial charge in [-0.2, -0.15) is 0 Å². The van der Waals surface area contributed by atoms with E-state index in [4.69, 9.17) is 0 Å². The van der Waals surface area contributed by atoms with Crippen molar-refractivity contribution in [3.8, 4) is 0 Å². The Morgan fingerprint density at radius 2 is 2.07 bits per heavy atom. The van der Waals surface area contributed by atoms with E-state index in [0.717, 1.165) is 19.0 Å². The standard InChI is InChI=1S/C13H25NO/c1-5-6-11-7-8-14(10-11)12(15)9-13(2,3)4/h11H,5-10H2,1-4H3. The van der Waals surface area contributed by atoms with Crippen LogP contribution in [0, 0.1) is 11.3 Å². The minimum absolute atomic E-state index is 0.125. The molecule has 1 fully saturated rings. The zero-order valence-electron chi connectivity index (χ0n) is 10.7. The predicted molar refractivity (Wildman–Crippen MR) is 63.7 cm³/mol. The average Bonchev–Trinajstić information content (AvgIpc) is 2.50. The summed E-state index contributed by atoms with van der Waals surface area (Å²) in [7, 11) is 0. The Morgan fingerprint density at radius 1 is 1.40 bits per heavy atom. The lowest BCUT2D eigenvalue weighted by Gasteiger charge is -2.23. The maximum Gasteiger partial charge on any atom is 0.223 e. The lowest BCUT2D eigenvalue weighted by Crippen LogP contribution is -2.31. The monoisotopic (exact) mass is 211 g/mol. The van der Waals surface area contributed by atoms with Crippen LogP contribution in [0.2, 0.25) is 0 Å². The Kier molecular flexibility index (Phi) is 4.18. The summed E-state index contributed by atoms with van der Waals surface area (Å²) in [5.74, 6) is 1.11. The Balaban J connectivity index is 2.37. The second kappa shape index (κ2) is 5.00. The summed E-state index contributed by atoms with van der Waals surface area (Å²) in [5, 5.41) is 0. The Bertz CT molecular complexity index is 217. The lowest BCUT2D eigenvalue weighted by atomic mass is 9.91. The maximum atomic E-state index is 11.9. The van der Waals surface area contributed by atoms with E-state index in [1.807, 2.05) is 0 Å². The SMILES string of the molecule is CCCC1CCN(C(=O)CC(C)(C)C)C1. The number of hydrogen-bond acceptors (Lipinski definition) is 1. The normalized spacial score (nSPS) is 22.1. The van der Waals surface area contributed by atoms with E-state index < -0.39 is 0 Å². The number of likely N-dealkylation sites (tertiary alicyclic amines) is 1. The van der Waals surface area contributed by atoms with Crippen LogP contribution in [0.3, 0.4) is 0 Å². The highest BCUT2D eigenvalue weighted by molar-refractivity contribution is 5.77. The van der Waals surface area contributed by atoms with Crippen molar-refractivity contribution in [1.82, 2.24) is 4.90 Å². The van der Waals surface area contributed by atoms with E-state index in [1.165, 1.54) is 19.3 Å². The van der Waals surface area contributed by atoms with Gasteiger partial charge in [-0.25, -0.2) is 0 Å². The summed E-state index contributed by atoms with van der Waals surface area (Å²) in [4.78, 5) is 14.0. The molecule has 2 nitrogen and oxygen atoms in total. The van der Waals surface area contributed by atoms with Gasteiger partial charge in [0.2, 0.25) is 5.91 Å². The van der Waals surface area contributed by atoms with Gasteiger partial charge in [0.15, 0.2) is 0 Å². The third kappa shape index (κ3) is 4.23. The Morgan fingerprint density at radius 3 is 2.60 bits per heavy atom. The fourth-order valence-corrected chi connectivity index (χ4v) is 2.27. The van der Waals surface area contributed by atoms with Crippen LogP contribution in [0.1, 0.15) is 53.4 Å². The highest BCUT2D eigenvalue weighted by Gasteiger charge is 2.27. The fourth-order valence-electron chi connectivity index (χ4n) is 2.27. The molecular formula is C13H25NO. The van der Waals surface area contributed by atoms with Gasteiger partial charge >= 0.3 is 0 Å². The molecule has 1 amide bonds. The predicted octanol–water partition coefficient (Wildman–Crippen LogP) is 3.07. The first-order valence-electron chi connectivity index (χ1n) is 6.20. The van der Waals surface area contributed by atoms with Crippen LogP contribution < -0.4 is 0 Å². The molecule has 15 heavy (non-hydrogen) atoms. The molecule has 1 aliphatic heterocycles. The molecule has 0 aromatic carbocycles. The molecule has 1 atom stereocenters. The van der Waals surface area contributed by atoms with Gasteiger partial charge < -0.3 is 4.90 Å². The number of hydrogen-bond donors (Lipinski definition) is 0. The third-order valence-electron chi connectivity index (χ3n) is 3.02. The number of carbonyl (C=O) groups excluding carboxylic acids is 1. The fraction of sp³-hybridized carbons (Fsp3) is 0.923. The van der Waals surface area contributed by atoms with Crippen molar-refractivity contribution >= 4 is 5.91 Å². The number of carbonyl (C=O) groups is 1. The molecule has 1 heterocycles. The number of nitrogens with zero attached hydrogens (tertiary/aromatic N) is 1. The van der Waals surface area contributed by atoms with E-state index in [0.29, 0.717) is 12.3 Å². The minimum atomic E-state index is 0.125. The van der Waals surface area contributed by atoms with Crippen LogP contribution in [-0.4, -0.2) is 23.9 Å². The van der Waals surface area contributed by atoms with Crippen LogP contribution in [0.25, 0.3) is 0 Å². The van der Waals surface area contributed by atoms with Crippen LogP contribution in [0.15, 0.2) is 0 Å². The van der Waals surface area contributed by atoms with Crippen molar-refractivity contribution in [3.63, 3.8) is 0 Å². The molecule has 0 aromatic heterocycles. The van der Waals surface area contributed by atoms with Crippen molar-refractivity contribution in [2.45, 2.75) is 53.4 Å². The Labute approximate surface area is 94.0 Å². The third-order valence-corrected chi connectivity index (χ3v) is 3.02. The zero-order chi connectivity index (χ0) is 11.5. The van der Waals surface area contributed by atoms with E-state index in [9.17, 15) is 4.79 Å². The second-order valence-electron chi connectivity index (χ2n) is 6.02. The number of rotatable bonds is 3. The highest BCUT2D eigenvalue weighted by atomic mass is 16.2. The molecule has 1 saturated heterocycles. The largest absolute Gasteiger partial charge is 0.342 e. The van der Waals surface area contributed by atoms with Gasteiger partial charge in [-0.05, 0) is 24.2 Å². The molecule has 0 N–H and O–H groups in total. The summed E-state index contributed by atoms with van der Waals surface area (Å²) in [6, 6.07) is 0. The average molecular weight is 211 g/mol. The molecule has 0 aliphatic carbocycles. The van der Waals surface area contributed by atoms with Gasteiger partial charge in [0.25, 0.3) is 0 Å². The Hall–Kier alpha value is -0.530. The van der Waals surface area contributed by atoms with E-state index in [2.05, 4.69) is 32.6 Å². The van der Waals surface area contributed by atoms with Gasteiger partial charge in [-0.1, -0.05) is 34.1 Å². The van der Waals surface area contributed by atoms with Crippen molar-refractivity contribution in [3.05, 3.63) is 0 Å².